The van der Waals surface area contributed by atoms with E-state index in [9.17, 15) is 0 Å². The molecule has 66 valence electrons. The summed E-state index contributed by atoms with van der Waals surface area (Å²) < 4.78 is 0. The Balaban J connectivity index is 2.17. The molecule has 2 heteroatoms. The third-order valence-corrected chi connectivity index (χ3v) is 2.63. The molecule has 1 aliphatic heterocycles. The summed E-state index contributed by atoms with van der Waals surface area (Å²) in [5, 5.41) is 0. The molecule has 1 rings (SSSR count). The number of hydrogen-bond donors (Lipinski definition) is 1. The van der Waals surface area contributed by atoms with Crippen molar-refractivity contribution in [1.29, 1.82) is 0 Å². The molecule has 0 aromatic heterocycles. The smallest absolute Gasteiger partial charge is 0.000719 e. The summed E-state index contributed by atoms with van der Waals surface area (Å²) in [4.78, 5) is 2.41. The maximum Gasteiger partial charge on any atom is 0.000719 e. The van der Waals surface area contributed by atoms with E-state index in [1.807, 2.05) is 0 Å². The van der Waals surface area contributed by atoms with Gasteiger partial charge in [0.25, 0.3) is 0 Å². The monoisotopic (exact) mass is 156 g/mol. The zero-order valence-electron chi connectivity index (χ0n) is 7.71. The molecule has 2 atom stereocenters. The Morgan fingerprint density at radius 2 is 2.36 bits per heavy atom. The van der Waals surface area contributed by atoms with Gasteiger partial charge in [-0.25, -0.2) is 0 Å². The lowest BCUT2D eigenvalue weighted by Crippen LogP contribution is -2.18. The van der Waals surface area contributed by atoms with E-state index >= 15 is 0 Å². The molecular formula is C9H20N2. The average molecular weight is 156 g/mol. The van der Waals surface area contributed by atoms with E-state index in [1.54, 1.807) is 0 Å². The summed E-state index contributed by atoms with van der Waals surface area (Å²) in [6.07, 6.45) is 2.70. The summed E-state index contributed by atoms with van der Waals surface area (Å²) in [6.45, 7) is 5.66. The second-order valence-electron chi connectivity index (χ2n) is 3.99. The van der Waals surface area contributed by atoms with Gasteiger partial charge >= 0.3 is 0 Å². The van der Waals surface area contributed by atoms with Crippen molar-refractivity contribution in [3.8, 4) is 0 Å². The largest absolute Gasteiger partial charge is 0.330 e. The van der Waals surface area contributed by atoms with E-state index in [0.717, 1.165) is 12.5 Å². The van der Waals surface area contributed by atoms with Crippen molar-refractivity contribution in [2.75, 3.05) is 26.7 Å². The number of likely N-dealkylation sites (tertiary alicyclic amines) is 1. The SMILES string of the molecule is CC(CN)CC1CCN(C)C1. The minimum absolute atomic E-state index is 0.714. The Hall–Kier alpha value is -0.0800. The first-order chi connectivity index (χ1) is 5.22. The molecule has 0 spiro atoms. The van der Waals surface area contributed by atoms with Gasteiger partial charge in [-0.2, -0.15) is 0 Å². The van der Waals surface area contributed by atoms with E-state index in [0.29, 0.717) is 5.92 Å². The molecule has 1 aliphatic rings. The van der Waals surface area contributed by atoms with Crippen LogP contribution in [-0.4, -0.2) is 31.6 Å². The van der Waals surface area contributed by atoms with Gasteiger partial charge in [-0.1, -0.05) is 6.92 Å². The van der Waals surface area contributed by atoms with Crippen LogP contribution >= 0.6 is 0 Å². The predicted molar refractivity (Wildman–Crippen MR) is 48.4 cm³/mol. The van der Waals surface area contributed by atoms with Crippen LogP contribution in [0.15, 0.2) is 0 Å². The molecule has 0 aromatic carbocycles. The van der Waals surface area contributed by atoms with Crippen molar-refractivity contribution in [2.45, 2.75) is 19.8 Å². The van der Waals surface area contributed by atoms with Crippen molar-refractivity contribution in [2.24, 2.45) is 17.6 Å². The first kappa shape index (κ1) is 9.01. The summed E-state index contributed by atoms with van der Waals surface area (Å²) in [5.74, 6) is 1.63. The Morgan fingerprint density at radius 3 is 2.82 bits per heavy atom. The molecular weight excluding hydrogens is 136 g/mol. The third kappa shape index (κ3) is 2.80. The van der Waals surface area contributed by atoms with Crippen LogP contribution in [0.5, 0.6) is 0 Å². The first-order valence-electron chi connectivity index (χ1n) is 4.61. The van der Waals surface area contributed by atoms with Crippen molar-refractivity contribution in [3.63, 3.8) is 0 Å². The summed E-state index contributed by atoms with van der Waals surface area (Å²) in [5.41, 5.74) is 5.57. The Kier molecular flexibility index (Phi) is 3.34. The molecule has 2 N–H and O–H groups in total. The van der Waals surface area contributed by atoms with Crippen LogP contribution in [0.3, 0.4) is 0 Å². The van der Waals surface area contributed by atoms with Crippen LogP contribution in [0.1, 0.15) is 19.8 Å². The van der Waals surface area contributed by atoms with Crippen molar-refractivity contribution in [3.05, 3.63) is 0 Å². The molecule has 0 aromatic rings. The van der Waals surface area contributed by atoms with Crippen molar-refractivity contribution >= 4 is 0 Å². The van der Waals surface area contributed by atoms with Gasteiger partial charge in [0.1, 0.15) is 0 Å². The van der Waals surface area contributed by atoms with Crippen molar-refractivity contribution < 1.29 is 0 Å². The Bertz CT molecular complexity index is 114. The molecule has 0 amide bonds. The number of hydrogen-bond acceptors (Lipinski definition) is 2. The lowest BCUT2D eigenvalue weighted by molar-refractivity contribution is 0.361. The van der Waals surface area contributed by atoms with Crippen LogP contribution in [0.4, 0.5) is 0 Å². The minimum Gasteiger partial charge on any atom is -0.330 e. The predicted octanol–water partition coefficient (Wildman–Crippen LogP) is 0.923. The lowest BCUT2D eigenvalue weighted by Gasteiger charge is -2.14. The van der Waals surface area contributed by atoms with Gasteiger partial charge in [0, 0.05) is 6.54 Å². The minimum atomic E-state index is 0.714. The molecule has 2 nitrogen and oxygen atoms in total. The highest BCUT2D eigenvalue weighted by Gasteiger charge is 2.20. The van der Waals surface area contributed by atoms with Gasteiger partial charge in [-0.05, 0) is 44.8 Å². The van der Waals surface area contributed by atoms with Gasteiger partial charge in [0.05, 0.1) is 0 Å². The highest BCUT2D eigenvalue weighted by atomic mass is 15.1. The molecule has 2 unspecified atom stereocenters. The third-order valence-electron chi connectivity index (χ3n) is 2.63. The van der Waals surface area contributed by atoms with Gasteiger partial charge in [0.2, 0.25) is 0 Å². The van der Waals surface area contributed by atoms with E-state index < -0.39 is 0 Å². The summed E-state index contributed by atoms with van der Waals surface area (Å²) >= 11 is 0. The van der Waals surface area contributed by atoms with Gasteiger partial charge in [-0.3, -0.25) is 0 Å². The normalized spacial score (nSPS) is 29.2. The summed E-state index contributed by atoms with van der Waals surface area (Å²) in [7, 11) is 2.20. The highest BCUT2D eigenvalue weighted by Crippen LogP contribution is 2.21. The second-order valence-corrected chi connectivity index (χ2v) is 3.99. The molecule has 1 saturated heterocycles. The Labute approximate surface area is 69.8 Å². The fraction of sp³-hybridized carbons (Fsp3) is 1.00. The molecule has 0 bridgehead atoms. The maximum atomic E-state index is 5.57. The van der Waals surface area contributed by atoms with Crippen LogP contribution in [0.2, 0.25) is 0 Å². The maximum absolute atomic E-state index is 5.57. The van der Waals surface area contributed by atoms with Gasteiger partial charge in [0.15, 0.2) is 0 Å². The molecule has 11 heavy (non-hydrogen) atoms. The number of nitrogens with zero attached hydrogens (tertiary/aromatic N) is 1. The molecule has 1 fully saturated rings. The molecule has 0 aliphatic carbocycles. The van der Waals surface area contributed by atoms with Crippen LogP contribution < -0.4 is 5.73 Å². The molecule has 0 radical (unpaired) electrons. The standard InChI is InChI=1S/C9H20N2/c1-8(6-10)5-9-3-4-11(2)7-9/h8-9H,3-7,10H2,1-2H3. The number of nitrogens with two attached hydrogens (primary N) is 1. The summed E-state index contributed by atoms with van der Waals surface area (Å²) in [6, 6.07) is 0. The zero-order valence-corrected chi connectivity index (χ0v) is 7.71. The van der Waals surface area contributed by atoms with Crippen LogP contribution in [0, 0.1) is 11.8 Å². The number of rotatable bonds is 3. The van der Waals surface area contributed by atoms with E-state index in [1.165, 1.54) is 25.9 Å². The molecule has 1 heterocycles. The first-order valence-corrected chi connectivity index (χ1v) is 4.61. The van der Waals surface area contributed by atoms with Crippen molar-refractivity contribution in [1.82, 2.24) is 4.90 Å². The van der Waals surface area contributed by atoms with Gasteiger partial charge < -0.3 is 10.6 Å². The second kappa shape index (κ2) is 4.07. The van der Waals surface area contributed by atoms with Crippen LogP contribution in [-0.2, 0) is 0 Å². The topological polar surface area (TPSA) is 29.3 Å². The fourth-order valence-electron chi connectivity index (χ4n) is 1.88. The fourth-order valence-corrected chi connectivity index (χ4v) is 1.88. The van der Waals surface area contributed by atoms with E-state index in [2.05, 4.69) is 18.9 Å². The van der Waals surface area contributed by atoms with E-state index in [-0.39, 0.29) is 0 Å². The average Bonchev–Trinajstić information content (AvgIpc) is 2.35. The molecule has 0 saturated carbocycles. The van der Waals surface area contributed by atoms with Crippen LogP contribution in [0.25, 0.3) is 0 Å². The highest BCUT2D eigenvalue weighted by molar-refractivity contribution is 4.74. The quantitative estimate of drug-likeness (QED) is 0.658. The zero-order chi connectivity index (χ0) is 8.27. The van der Waals surface area contributed by atoms with E-state index in [4.69, 9.17) is 5.73 Å². The lowest BCUT2D eigenvalue weighted by atomic mass is 9.95. The van der Waals surface area contributed by atoms with Gasteiger partial charge in [-0.15, -0.1) is 0 Å². The Morgan fingerprint density at radius 1 is 1.64 bits per heavy atom.